The van der Waals surface area contributed by atoms with Crippen LogP contribution in [0.5, 0.6) is 0 Å². The minimum Gasteiger partial charge on any atom is -0.276 e. The molecule has 11 heteroatoms. The van der Waals surface area contributed by atoms with Gasteiger partial charge in [0.25, 0.3) is 0 Å². The number of imidazole rings is 8. The van der Waals surface area contributed by atoms with Crippen LogP contribution in [-0.4, -0.2) is 46.3 Å². The zero-order valence-electron chi connectivity index (χ0n) is 46.4. The molecule has 0 spiro atoms. The van der Waals surface area contributed by atoms with Crippen molar-refractivity contribution in [3.8, 4) is 39.4 Å². The zero-order chi connectivity index (χ0) is 56.9. The van der Waals surface area contributed by atoms with Crippen LogP contribution in [0.3, 0.4) is 0 Å². The molecule has 402 valence electrons. The summed E-state index contributed by atoms with van der Waals surface area (Å²) < 4.78 is 13.9. The highest BCUT2D eigenvalue weighted by Gasteiger charge is 2.28. The van der Waals surface area contributed by atoms with Gasteiger partial charge in [-0.25, -0.2) is 28.7 Å². The van der Waals surface area contributed by atoms with Gasteiger partial charge in [-0.3, -0.25) is 17.6 Å². The van der Waals surface area contributed by atoms with Gasteiger partial charge in [0.2, 0.25) is 23.1 Å². The highest BCUT2D eigenvalue weighted by Crippen LogP contribution is 2.43. The summed E-state index contributed by atoms with van der Waals surface area (Å²) in [4.78, 5) is 21.7. The molecule has 0 aliphatic heterocycles. The molecule has 22 rings (SSSR count). The van der Waals surface area contributed by atoms with Gasteiger partial charge in [-0.1, -0.05) is 127 Å². The van der Waals surface area contributed by atoms with E-state index in [0.29, 0.717) is 5.56 Å². The Balaban J connectivity index is 0.732. The SMILES string of the molecule is N#Cc1ccc2cc(-c3cc4c5c(c3)n3c6cc7cc(-c8ccc9cc%10nc%11n(c%10cc9c8)c8cc(-c9ccc%10ccccc%10c9)cc9c8n%11c8nc%10cc%11ccccc%11cc%10n98)ccc7cc6nc3n5c3nc5cc6ccccc6cc5n43)ccc2c1. The van der Waals surface area contributed by atoms with E-state index in [9.17, 15) is 5.26 Å². The van der Waals surface area contributed by atoms with Crippen LogP contribution in [0.1, 0.15) is 5.56 Å². The van der Waals surface area contributed by atoms with E-state index in [2.05, 4.69) is 251 Å². The Morgan fingerprint density at radius 1 is 0.227 bits per heavy atom. The molecule has 0 aliphatic rings. The number of rotatable bonds is 3. The second kappa shape index (κ2) is 15.7. The topological polar surface area (TPSA) is 102 Å². The van der Waals surface area contributed by atoms with E-state index < -0.39 is 0 Å². The first-order valence-corrected chi connectivity index (χ1v) is 29.6. The molecule has 22 aromatic rings. The molecule has 0 atom stereocenters. The Kier molecular flexibility index (Phi) is 8.03. The molecule has 0 bridgehead atoms. The van der Waals surface area contributed by atoms with E-state index in [1.165, 1.54) is 26.9 Å². The van der Waals surface area contributed by atoms with Gasteiger partial charge in [-0.2, -0.15) is 5.26 Å². The van der Waals surface area contributed by atoms with Crippen molar-refractivity contribution in [3.05, 3.63) is 242 Å². The first-order chi connectivity index (χ1) is 43.5. The predicted octanol–water partition coefficient (Wildman–Crippen LogP) is 18.4. The number of benzene rings is 14. The molecule has 0 saturated heterocycles. The summed E-state index contributed by atoms with van der Waals surface area (Å²) >= 11 is 0. The first-order valence-electron chi connectivity index (χ1n) is 29.6. The third-order valence-corrected chi connectivity index (χ3v) is 19.3. The summed E-state index contributed by atoms with van der Waals surface area (Å²) in [6.45, 7) is 0. The highest BCUT2D eigenvalue weighted by molar-refractivity contribution is 6.12. The number of hydrogen-bond donors (Lipinski definition) is 0. The van der Waals surface area contributed by atoms with Gasteiger partial charge in [-0.15, -0.1) is 0 Å². The lowest BCUT2D eigenvalue weighted by molar-refractivity contribution is 1.15. The second-order valence-electron chi connectivity index (χ2n) is 24.0. The fourth-order valence-corrected chi connectivity index (χ4v) is 15.1. The van der Waals surface area contributed by atoms with Crippen molar-refractivity contribution >= 4 is 165 Å². The Bertz CT molecular complexity index is 7020. The number of nitrogens with zero attached hydrogens (tertiary/aromatic N) is 11. The smallest absolute Gasteiger partial charge is 0.223 e. The molecular formula is C77H39N11. The molecule has 8 aromatic heterocycles. The summed E-state index contributed by atoms with van der Waals surface area (Å²) in [6, 6.07) is 88.1. The average Bonchev–Trinajstić information content (AvgIpc) is 1.53. The monoisotopic (exact) mass is 1120 g/mol. The van der Waals surface area contributed by atoms with Gasteiger partial charge in [0.05, 0.1) is 77.8 Å². The third-order valence-electron chi connectivity index (χ3n) is 19.3. The molecule has 8 heterocycles. The lowest BCUT2D eigenvalue weighted by Gasteiger charge is -2.08. The van der Waals surface area contributed by atoms with Gasteiger partial charge in [-0.05, 0) is 207 Å². The van der Waals surface area contributed by atoms with Crippen LogP contribution < -0.4 is 0 Å². The minimum absolute atomic E-state index is 0.650. The Labute approximate surface area is 495 Å². The maximum absolute atomic E-state index is 9.68. The van der Waals surface area contributed by atoms with E-state index in [-0.39, 0.29) is 0 Å². The van der Waals surface area contributed by atoms with Gasteiger partial charge in [0.1, 0.15) is 11.0 Å². The number of nitriles is 1. The Morgan fingerprint density at radius 2 is 0.511 bits per heavy atom. The van der Waals surface area contributed by atoms with E-state index in [1.54, 1.807) is 0 Å². The molecule has 88 heavy (non-hydrogen) atoms. The van der Waals surface area contributed by atoms with Gasteiger partial charge in [0.15, 0.2) is 0 Å². The Hall–Kier alpha value is -12.4. The van der Waals surface area contributed by atoms with E-state index >= 15 is 0 Å². The molecular weight excluding hydrogens is 1080 g/mol. The molecule has 0 saturated carbocycles. The number of fused-ring (bicyclic) bond motifs is 26. The molecule has 0 radical (unpaired) electrons. The van der Waals surface area contributed by atoms with Crippen molar-refractivity contribution in [2.75, 3.05) is 0 Å². The van der Waals surface area contributed by atoms with Crippen LogP contribution in [0.2, 0.25) is 0 Å². The molecule has 11 nitrogen and oxygen atoms in total. The van der Waals surface area contributed by atoms with Crippen LogP contribution in [0.4, 0.5) is 0 Å². The predicted molar refractivity (Wildman–Crippen MR) is 357 cm³/mol. The number of hydrogen-bond acceptors (Lipinski definition) is 5. The summed E-state index contributed by atoms with van der Waals surface area (Å²) in [5, 5.41) is 23.4. The molecule has 14 aromatic carbocycles. The summed E-state index contributed by atoms with van der Waals surface area (Å²) in [5.41, 5.74) is 21.8. The van der Waals surface area contributed by atoms with Crippen molar-refractivity contribution < 1.29 is 0 Å². The van der Waals surface area contributed by atoms with Gasteiger partial charge in [0, 0.05) is 0 Å². The van der Waals surface area contributed by atoms with Crippen LogP contribution in [0.15, 0.2) is 237 Å². The first kappa shape index (κ1) is 45.1. The van der Waals surface area contributed by atoms with Gasteiger partial charge >= 0.3 is 0 Å². The molecule has 0 fully saturated rings. The maximum atomic E-state index is 9.68. The highest BCUT2D eigenvalue weighted by atomic mass is 15.3. The second-order valence-corrected chi connectivity index (χ2v) is 24.0. The van der Waals surface area contributed by atoms with Crippen molar-refractivity contribution in [1.82, 2.24) is 46.3 Å². The van der Waals surface area contributed by atoms with Crippen LogP contribution in [-0.2, 0) is 0 Å². The molecule has 0 N–H and O–H groups in total. The molecule has 0 amide bonds. The van der Waals surface area contributed by atoms with Crippen LogP contribution >= 0.6 is 0 Å². The summed E-state index contributed by atoms with van der Waals surface area (Å²) in [7, 11) is 0. The molecule has 0 unspecified atom stereocenters. The summed E-state index contributed by atoms with van der Waals surface area (Å²) in [5.74, 6) is 3.33. The quantitative estimate of drug-likeness (QED) is 0.175. The van der Waals surface area contributed by atoms with E-state index in [1.807, 2.05) is 18.2 Å². The van der Waals surface area contributed by atoms with Crippen molar-refractivity contribution in [1.29, 1.82) is 5.26 Å². The van der Waals surface area contributed by atoms with E-state index in [4.69, 9.17) is 19.9 Å². The average molecular weight is 1120 g/mol. The standard InChI is InChI=1S/C77H39N11/c78-40-41-13-14-49-25-53(20-17-48(49)23-41)59-38-69-73-71(39-59)86-67-35-57-27-51(19-22-55(57)31-63(67)82-77(86)88(73)75-80-61-29-45-10-4-6-12-47(45)33-65(61)84(69)75)50-18-21-54-30-62-66(34-56(54)26-50)85-70-37-58(52-16-15-42-7-1-2-8-43(42)24-52)36-68-72(70)87(76(85)81-62)74-79-60-28-44-9-3-5-11-46(44)32-64(60)83(68)74/h1-39H. The normalized spacial score (nSPS) is 12.8. The van der Waals surface area contributed by atoms with Crippen LogP contribution in [0.25, 0.3) is 198 Å². The third kappa shape index (κ3) is 5.76. The Morgan fingerprint density at radius 3 is 0.909 bits per heavy atom. The number of aromatic nitrogens is 10. The lowest BCUT2D eigenvalue weighted by Crippen LogP contribution is -1.89. The minimum atomic E-state index is 0.650. The van der Waals surface area contributed by atoms with Crippen LogP contribution in [0, 0.1) is 11.3 Å². The summed E-state index contributed by atoms with van der Waals surface area (Å²) in [6.07, 6.45) is 0. The maximum Gasteiger partial charge on any atom is 0.223 e. The van der Waals surface area contributed by atoms with Crippen molar-refractivity contribution in [2.45, 2.75) is 0 Å². The van der Waals surface area contributed by atoms with E-state index in [0.717, 1.165) is 171 Å². The molecule has 0 aliphatic carbocycles. The fourth-order valence-electron chi connectivity index (χ4n) is 15.1. The fraction of sp³-hybridized carbons (Fsp3) is 0. The largest absolute Gasteiger partial charge is 0.276 e. The van der Waals surface area contributed by atoms with Crippen molar-refractivity contribution in [2.24, 2.45) is 0 Å². The lowest BCUT2D eigenvalue weighted by atomic mass is 9.98. The van der Waals surface area contributed by atoms with Crippen molar-refractivity contribution in [3.63, 3.8) is 0 Å². The van der Waals surface area contributed by atoms with Gasteiger partial charge < -0.3 is 0 Å². The zero-order valence-corrected chi connectivity index (χ0v) is 46.4.